The third-order valence-corrected chi connectivity index (χ3v) is 5.16. The van der Waals surface area contributed by atoms with Gasteiger partial charge < -0.3 is 15.7 Å². The zero-order valence-corrected chi connectivity index (χ0v) is 16.5. The molecule has 1 fully saturated rings. The molecule has 1 heterocycles. The van der Waals surface area contributed by atoms with Gasteiger partial charge in [-0.15, -0.1) is 24.8 Å². The van der Waals surface area contributed by atoms with Crippen LogP contribution in [-0.4, -0.2) is 47.1 Å². The van der Waals surface area contributed by atoms with E-state index >= 15 is 0 Å². The van der Waals surface area contributed by atoms with Gasteiger partial charge in [-0.3, -0.25) is 9.69 Å². The van der Waals surface area contributed by atoms with Gasteiger partial charge in [-0.25, -0.2) is 0 Å². The third kappa shape index (κ3) is 5.08. The van der Waals surface area contributed by atoms with Crippen molar-refractivity contribution in [2.24, 2.45) is 11.7 Å². The van der Waals surface area contributed by atoms with Crippen molar-refractivity contribution in [2.45, 2.75) is 51.0 Å². The number of rotatable bonds is 3. The van der Waals surface area contributed by atoms with E-state index in [1.54, 1.807) is 4.90 Å². The molecule has 1 saturated carbocycles. The van der Waals surface area contributed by atoms with Crippen LogP contribution in [0.3, 0.4) is 0 Å². The minimum Gasteiger partial charge on any atom is -0.392 e. The second kappa shape index (κ2) is 9.19. The molecule has 1 aliphatic carbocycles. The van der Waals surface area contributed by atoms with Crippen molar-refractivity contribution in [2.75, 3.05) is 14.1 Å². The van der Waals surface area contributed by atoms with Gasteiger partial charge >= 0.3 is 0 Å². The Bertz CT molecular complexity index is 600. The molecule has 1 aliphatic heterocycles. The molecule has 0 unspecified atom stereocenters. The maximum Gasteiger partial charge on any atom is 0.225 e. The number of carbonyl (C=O) groups is 1. The first-order chi connectivity index (χ1) is 10.9. The highest BCUT2D eigenvalue weighted by molar-refractivity contribution is 5.85. The Morgan fingerprint density at radius 1 is 1.28 bits per heavy atom. The van der Waals surface area contributed by atoms with E-state index in [4.69, 9.17) is 5.73 Å². The fraction of sp³-hybridized carbons (Fsp3) is 0.611. The molecule has 0 saturated heterocycles. The lowest BCUT2D eigenvalue weighted by Gasteiger charge is -2.32. The Balaban J connectivity index is 0.00000156. The lowest BCUT2D eigenvalue weighted by molar-refractivity contribution is -0.136. The highest BCUT2D eigenvalue weighted by Gasteiger charge is 2.32. The number of benzene rings is 1. The van der Waals surface area contributed by atoms with Gasteiger partial charge in [0.2, 0.25) is 5.91 Å². The van der Waals surface area contributed by atoms with Gasteiger partial charge in [0.25, 0.3) is 0 Å². The maximum absolute atomic E-state index is 12.6. The van der Waals surface area contributed by atoms with E-state index in [2.05, 4.69) is 30.1 Å². The van der Waals surface area contributed by atoms with Crippen LogP contribution in [0.25, 0.3) is 0 Å². The summed E-state index contributed by atoms with van der Waals surface area (Å²) in [7, 11) is 3.98. The average molecular weight is 390 g/mol. The molecular weight excluding hydrogens is 361 g/mol. The molecule has 0 bridgehead atoms. The first kappa shape index (κ1) is 22.2. The Hall–Kier alpha value is -0.850. The van der Waals surface area contributed by atoms with Crippen LogP contribution in [0.4, 0.5) is 0 Å². The molecule has 7 heteroatoms. The number of carbonyl (C=O) groups excluding carboxylic acids is 1. The third-order valence-electron chi connectivity index (χ3n) is 5.16. The molecule has 5 nitrogen and oxygen atoms in total. The van der Waals surface area contributed by atoms with Crippen LogP contribution in [-0.2, 0) is 24.4 Å². The van der Waals surface area contributed by atoms with Gasteiger partial charge in [-0.1, -0.05) is 18.2 Å². The van der Waals surface area contributed by atoms with Crippen molar-refractivity contribution in [3.05, 3.63) is 34.9 Å². The summed E-state index contributed by atoms with van der Waals surface area (Å²) in [5, 5.41) is 9.71. The molecule has 0 aromatic heterocycles. The van der Waals surface area contributed by atoms with Crippen molar-refractivity contribution in [3.8, 4) is 0 Å². The summed E-state index contributed by atoms with van der Waals surface area (Å²) in [6.45, 7) is 2.62. The molecule has 1 amide bonds. The minimum absolute atomic E-state index is 0. The minimum atomic E-state index is -0.460. The second-order valence-corrected chi connectivity index (χ2v) is 7.21. The number of hydrogen-bond acceptors (Lipinski definition) is 4. The number of halogens is 2. The summed E-state index contributed by atoms with van der Waals surface area (Å²) < 4.78 is 0. The summed E-state index contributed by atoms with van der Waals surface area (Å²) in [5.74, 6) is 0.0870. The van der Waals surface area contributed by atoms with Crippen LogP contribution in [0, 0.1) is 5.92 Å². The number of amides is 1. The molecule has 0 spiro atoms. The van der Waals surface area contributed by atoms with Crippen LogP contribution >= 0.6 is 24.8 Å². The summed E-state index contributed by atoms with van der Waals surface area (Å²) >= 11 is 0. The smallest absolute Gasteiger partial charge is 0.225 e. The van der Waals surface area contributed by atoms with Crippen molar-refractivity contribution in [1.82, 2.24) is 9.80 Å². The molecule has 25 heavy (non-hydrogen) atoms. The topological polar surface area (TPSA) is 69.8 Å². The maximum atomic E-state index is 12.6. The Labute approximate surface area is 162 Å². The largest absolute Gasteiger partial charge is 0.392 e. The quantitative estimate of drug-likeness (QED) is 0.828. The molecule has 3 rings (SSSR count). The van der Waals surface area contributed by atoms with E-state index in [-0.39, 0.29) is 42.7 Å². The lowest BCUT2D eigenvalue weighted by atomic mass is 9.83. The van der Waals surface area contributed by atoms with E-state index in [1.165, 1.54) is 16.7 Å². The van der Waals surface area contributed by atoms with Crippen LogP contribution in [0.2, 0.25) is 0 Å². The van der Waals surface area contributed by atoms with E-state index in [0.29, 0.717) is 19.4 Å². The van der Waals surface area contributed by atoms with Crippen molar-refractivity contribution >= 4 is 30.7 Å². The van der Waals surface area contributed by atoms with Gasteiger partial charge in [0.05, 0.1) is 6.10 Å². The number of hydrogen-bond donors (Lipinski definition) is 2. The Morgan fingerprint density at radius 3 is 2.64 bits per heavy atom. The van der Waals surface area contributed by atoms with Crippen LogP contribution in [0.1, 0.15) is 36.0 Å². The van der Waals surface area contributed by atoms with Crippen LogP contribution in [0.15, 0.2) is 18.2 Å². The van der Waals surface area contributed by atoms with Crippen LogP contribution in [0.5, 0.6) is 0 Å². The molecule has 2 aliphatic rings. The zero-order valence-electron chi connectivity index (χ0n) is 14.9. The molecule has 0 radical (unpaired) electrons. The average Bonchev–Trinajstić information content (AvgIpc) is 2.88. The Kier molecular flexibility index (Phi) is 8.16. The predicted molar refractivity (Wildman–Crippen MR) is 104 cm³/mol. The predicted octanol–water partition coefficient (Wildman–Crippen LogP) is 1.92. The van der Waals surface area contributed by atoms with Gasteiger partial charge in [-0.2, -0.15) is 0 Å². The molecular formula is C18H29Cl2N3O2. The summed E-state index contributed by atoms with van der Waals surface area (Å²) in [6.07, 6.45) is 1.47. The standard InChI is InChI=1S/C18H27N3O2.2ClH/c1-20-10-14-4-3-12(7-15(14)11-20)9-21(2)18(23)13-5-6-17(22)16(19)8-13;;/h3-4,7,13,16-17,22H,5-6,8-11,19H2,1-2H3;2*1H/t13-,16+,17+;;/m0../s1. The summed E-state index contributed by atoms with van der Waals surface area (Å²) in [5.41, 5.74) is 9.84. The monoisotopic (exact) mass is 389 g/mol. The van der Waals surface area contributed by atoms with Gasteiger partial charge in [-0.05, 0) is 43.0 Å². The molecule has 1 aromatic rings. The number of nitrogens with zero attached hydrogens (tertiary/aromatic N) is 2. The highest BCUT2D eigenvalue weighted by Crippen LogP contribution is 2.26. The zero-order chi connectivity index (χ0) is 16.6. The summed E-state index contributed by atoms with van der Waals surface area (Å²) in [6, 6.07) is 6.25. The Morgan fingerprint density at radius 2 is 1.96 bits per heavy atom. The van der Waals surface area contributed by atoms with Gasteiger partial charge in [0, 0.05) is 38.6 Å². The highest BCUT2D eigenvalue weighted by atomic mass is 35.5. The normalized spacial score (nSPS) is 25.5. The van der Waals surface area contributed by atoms with Crippen molar-refractivity contribution in [3.63, 3.8) is 0 Å². The SMILES string of the molecule is CN1Cc2ccc(CN(C)C(=O)[C@H]3CC[C@@H](O)[C@H](N)C3)cc2C1.Cl.Cl. The molecule has 3 atom stereocenters. The van der Waals surface area contributed by atoms with Gasteiger partial charge in [0.1, 0.15) is 0 Å². The molecule has 142 valence electrons. The fourth-order valence-electron chi connectivity index (χ4n) is 3.79. The number of aliphatic hydroxyl groups excluding tert-OH is 1. The lowest BCUT2D eigenvalue weighted by Crippen LogP contribution is -2.45. The van der Waals surface area contributed by atoms with Crippen molar-refractivity contribution in [1.29, 1.82) is 0 Å². The molecule has 1 aromatic carbocycles. The first-order valence-corrected chi connectivity index (χ1v) is 8.42. The molecule has 3 N–H and O–H groups in total. The van der Waals surface area contributed by atoms with Crippen LogP contribution < -0.4 is 5.73 Å². The number of nitrogens with two attached hydrogens (primary N) is 1. The van der Waals surface area contributed by atoms with E-state index in [1.807, 2.05) is 7.05 Å². The number of fused-ring (bicyclic) bond motifs is 1. The first-order valence-electron chi connectivity index (χ1n) is 8.42. The van der Waals surface area contributed by atoms with Crippen molar-refractivity contribution < 1.29 is 9.90 Å². The van der Waals surface area contributed by atoms with Gasteiger partial charge in [0.15, 0.2) is 0 Å². The summed E-state index contributed by atoms with van der Waals surface area (Å²) in [4.78, 5) is 16.7. The fourth-order valence-corrected chi connectivity index (χ4v) is 3.79. The number of aliphatic hydroxyl groups is 1. The van der Waals surface area contributed by atoms with E-state index < -0.39 is 6.10 Å². The van der Waals surface area contributed by atoms with E-state index in [0.717, 1.165) is 19.5 Å². The van der Waals surface area contributed by atoms with E-state index in [9.17, 15) is 9.90 Å². The second-order valence-electron chi connectivity index (χ2n) is 7.21.